The van der Waals surface area contributed by atoms with Crippen LogP contribution in [0.4, 0.5) is 0 Å². The van der Waals surface area contributed by atoms with E-state index in [0.29, 0.717) is 6.54 Å². The zero-order valence-corrected chi connectivity index (χ0v) is 11.7. The summed E-state index contributed by atoms with van der Waals surface area (Å²) in [5.74, 6) is 0. The van der Waals surface area contributed by atoms with Crippen molar-refractivity contribution in [1.82, 2.24) is 15.1 Å². The van der Waals surface area contributed by atoms with Crippen molar-refractivity contribution < 1.29 is 5.11 Å². The molecule has 0 spiro atoms. The molecule has 1 aromatic rings. The predicted octanol–water partition coefficient (Wildman–Crippen LogP) is 1.87. The molecule has 1 unspecified atom stereocenters. The van der Waals surface area contributed by atoms with Crippen LogP contribution in [0.5, 0.6) is 0 Å². The Labute approximate surface area is 105 Å². The van der Waals surface area contributed by atoms with Crippen LogP contribution >= 0.6 is 15.9 Å². The lowest BCUT2D eigenvalue weighted by Crippen LogP contribution is -2.37. The van der Waals surface area contributed by atoms with E-state index in [9.17, 15) is 5.11 Å². The quantitative estimate of drug-likeness (QED) is 0.786. The summed E-state index contributed by atoms with van der Waals surface area (Å²) in [6, 6.07) is 0. The van der Waals surface area contributed by atoms with Crippen LogP contribution in [0.1, 0.15) is 32.9 Å². The summed E-state index contributed by atoms with van der Waals surface area (Å²) in [5, 5.41) is 17.9. The van der Waals surface area contributed by atoms with Crippen molar-refractivity contribution in [2.24, 2.45) is 0 Å². The highest BCUT2D eigenvalue weighted by Crippen LogP contribution is 2.27. The smallest absolute Gasteiger partial charge is 0.117 e. The van der Waals surface area contributed by atoms with Gasteiger partial charge in [0.05, 0.1) is 16.4 Å². The Kier molecular flexibility index (Phi) is 4.95. The van der Waals surface area contributed by atoms with Gasteiger partial charge in [-0.1, -0.05) is 6.92 Å². The van der Waals surface area contributed by atoms with Crippen LogP contribution in [0.25, 0.3) is 0 Å². The molecule has 0 bridgehead atoms. The summed E-state index contributed by atoms with van der Waals surface area (Å²) in [4.78, 5) is 0. The number of aryl methyl sites for hydroxylation is 1. The number of nitrogens with one attached hydrogen (secondary N) is 1. The minimum absolute atomic E-state index is 0.533. The Balaban J connectivity index is 2.83. The Morgan fingerprint density at radius 1 is 1.56 bits per heavy atom. The molecule has 0 saturated heterocycles. The number of hydrogen-bond donors (Lipinski definition) is 2. The first-order chi connectivity index (χ1) is 7.53. The molecule has 16 heavy (non-hydrogen) atoms. The molecule has 2 N–H and O–H groups in total. The van der Waals surface area contributed by atoms with E-state index in [1.165, 1.54) is 0 Å². The van der Waals surface area contributed by atoms with Crippen LogP contribution in [-0.2, 0) is 12.1 Å². The van der Waals surface area contributed by atoms with Crippen molar-refractivity contribution in [2.75, 3.05) is 13.1 Å². The molecule has 1 atom stereocenters. The summed E-state index contributed by atoms with van der Waals surface area (Å²) < 4.78 is 2.68. The van der Waals surface area contributed by atoms with Gasteiger partial charge in [-0.05, 0) is 42.7 Å². The third-order valence-corrected chi connectivity index (χ3v) is 3.08. The molecule has 5 heteroatoms. The SMILES string of the molecule is CCCNCC(C)(O)c1c(Br)cnn1CC. The highest BCUT2D eigenvalue weighted by atomic mass is 79.9. The normalized spacial score (nSPS) is 15.1. The molecule has 0 amide bonds. The van der Waals surface area contributed by atoms with Crippen molar-refractivity contribution in [3.8, 4) is 0 Å². The molecule has 0 saturated carbocycles. The van der Waals surface area contributed by atoms with Crippen molar-refractivity contribution in [3.63, 3.8) is 0 Å². The van der Waals surface area contributed by atoms with Crippen LogP contribution in [0.3, 0.4) is 0 Å². The molecule has 0 fully saturated rings. The first-order valence-electron chi connectivity index (χ1n) is 5.67. The van der Waals surface area contributed by atoms with Gasteiger partial charge in [0.25, 0.3) is 0 Å². The lowest BCUT2D eigenvalue weighted by molar-refractivity contribution is 0.0471. The van der Waals surface area contributed by atoms with Gasteiger partial charge in [-0.15, -0.1) is 0 Å². The third kappa shape index (κ3) is 3.06. The van der Waals surface area contributed by atoms with Crippen molar-refractivity contribution in [2.45, 2.75) is 39.3 Å². The highest BCUT2D eigenvalue weighted by molar-refractivity contribution is 9.10. The molecule has 1 aromatic heterocycles. The predicted molar refractivity (Wildman–Crippen MR) is 68.3 cm³/mol. The second-order valence-corrected chi connectivity index (χ2v) is 4.96. The molecule has 1 rings (SSSR count). The molecule has 92 valence electrons. The second kappa shape index (κ2) is 5.80. The summed E-state index contributed by atoms with van der Waals surface area (Å²) in [6.45, 7) is 8.13. The van der Waals surface area contributed by atoms with Gasteiger partial charge in [-0.2, -0.15) is 5.10 Å². The number of nitrogens with zero attached hydrogens (tertiary/aromatic N) is 2. The Morgan fingerprint density at radius 2 is 2.25 bits per heavy atom. The second-order valence-electron chi connectivity index (χ2n) is 4.11. The van der Waals surface area contributed by atoms with Gasteiger partial charge in [-0.25, -0.2) is 0 Å². The Hall–Kier alpha value is -0.390. The molecule has 4 nitrogen and oxygen atoms in total. The van der Waals surface area contributed by atoms with Gasteiger partial charge in [0.15, 0.2) is 0 Å². The minimum atomic E-state index is -0.902. The Bertz CT molecular complexity index is 336. The zero-order chi connectivity index (χ0) is 12.2. The maximum Gasteiger partial charge on any atom is 0.117 e. The van der Waals surface area contributed by atoms with Gasteiger partial charge in [0.2, 0.25) is 0 Å². The van der Waals surface area contributed by atoms with Crippen LogP contribution < -0.4 is 5.32 Å². The van der Waals surface area contributed by atoms with Gasteiger partial charge in [-0.3, -0.25) is 4.68 Å². The fourth-order valence-corrected chi connectivity index (χ4v) is 2.45. The first-order valence-corrected chi connectivity index (χ1v) is 6.47. The monoisotopic (exact) mass is 289 g/mol. The summed E-state index contributed by atoms with van der Waals surface area (Å²) in [7, 11) is 0. The molecule has 0 aliphatic carbocycles. The van der Waals surface area contributed by atoms with Gasteiger partial charge < -0.3 is 10.4 Å². The van der Waals surface area contributed by atoms with E-state index in [1.807, 2.05) is 18.5 Å². The van der Waals surface area contributed by atoms with E-state index in [4.69, 9.17) is 0 Å². The molecule has 0 aliphatic rings. The minimum Gasteiger partial charge on any atom is -0.382 e. The van der Waals surface area contributed by atoms with Gasteiger partial charge >= 0.3 is 0 Å². The molecule has 1 heterocycles. The fourth-order valence-electron chi connectivity index (χ4n) is 1.73. The first kappa shape index (κ1) is 13.7. The van der Waals surface area contributed by atoms with Crippen molar-refractivity contribution >= 4 is 15.9 Å². The summed E-state index contributed by atoms with van der Waals surface area (Å²) in [5.41, 5.74) is -0.0702. The van der Waals surface area contributed by atoms with Gasteiger partial charge in [0, 0.05) is 13.1 Å². The Morgan fingerprint density at radius 3 is 2.81 bits per heavy atom. The largest absolute Gasteiger partial charge is 0.382 e. The number of hydrogen-bond acceptors (Lipinski definition) is 3. The van der Waals surface area contributed by atoms with E-state index in [-0.39, 0.29) is 0 Å². The van der Waals surface area contributed by atoms with Crippen LogP contribution in [0, 0.1) is 0 Å². The van der Waals surface area contributed by atoms with E-state index in [0.717, 1.165) is 29.7 Å². The molecular weight excluding hydrogens is 270 g/mol. The van der Waals surface area contributed by atoms with E-state index >= 15 is 0 Å². The zero-order valence-electron chi connectivity index (χ0n) is 10.1. The van der Waals surface area contributed by atoms with E-state index in [2.05, 4.69) is 33.3 Å². The number of aromatic nitrogens is 2. The molecule has 0 radical (unpaired) electrons. The van der Waals surface area contributed by atoms with E-state index in [1.54, 1.807) is 6.20 Å². The average molecular weight is 290 g/mol. The van der Waals surface area contributed by atoms with Crippen LogP contribution in [0.2, 0.25) is 0 Å². The maximum atomic E-state index is 10.4. The summed E-state index contributed by atoms with van der Waals surface area (Å²) in [6.07, 6.45) is 2.79. The maximum absolute atomic E-state index is 10.4. The van der Waals surface area contributed by atoms with Crippen LogP contribution in [0.15, 0.2) is 10.7 Å². The topological polar surface area (TPSA) is 50.1 Å². The van der Waals surface area contributed by atoms with E-state index < -0.39 is 5.60 Å². The number of rotatable bonds is 6. The van der Waals surface area contributed by atoms with Gasteiger partial charge in [0.1, 0.15) is 5.60 Å². The number of aliphatic hydroxyl groups is 1. The van der Waals surface area contributed by atoms with Crippen molar-refractivity contribution in [3.05, 3.63) is 16.4 Å². The molecule has 0 aliphatic heterocycles. The average Bonchev–Trinajstić information content (AvgIpc) is 2.60. The standard InChI is InChI=1S/C11H20BrN3O/c1-4-6-13-8-11(3,16)10-9(12)7-14-15(10)5-2/h7,13,16H,4-6,8H2,1-3H3. The molecular formula is C11H20BrN3O. The third-order valence-electron chi connectivity index (χ3n) is 2.50. The fraction of sp³-hybridized carbons (Fsp3) is 0.727. The summed E-state index contributed by atoms with van der Waals surface area (Å²) >= 11 is 3.43. The van der Waals surface area contributed by atoms with Crippen LogP contribution in [-0.4, -0.2) is 28.0 Å². The lowest BCUT2D eigenvalue weighted by Gasteiger charge is -2.25. The number of halogens is 1. The lowest BCUT2D eigenvalue weighted by atomic mass is 10.0. The highest BCUT2D eigenvalue weighted by Gasteiger charge is 2.29. The molecule has 0 aromatic carbocycles. The van der Waals surface area contributed by atoms with Crippen molar-refractivity contribution in [1.29, 1.82) is 0 Å².